The zero-order chi connectivity index (χ0) is 18.0. The van der Waals surface area contributed by atoms with Crippen LogP contribution in [-0.4, -0.2) is 48.8 Å². The van der Waals surface area contributed by atoms with Gasteiger partial charge in [0, 0.05) is 7.05 Å². The minimum Gasteiger partial charge on any atom is -0.318 e. The van der Waals surface area contributed by atoms with E-state index in [-0.39, 0.29) is 5.75 Å². The van der Waals surface area contributed by atoms with Gasteiger partial charge in [-0.05, 0) is 22.9 Å². The number of amides is 4. The van der Waals surface area contributed by atoms with Gasteiger partial charge < -0.3 is 5.32 Å². The Hall–Kier alpha value is -2.95. The largest absolute Gasteiger partial charge is 0.344 e. The molecule has 11 heteroatoms. The Morgan fingerprint density at radius 1 is 1.32 bits per heavy atom. The molecule has 0 aliphatic carbocycles. The van der Waals surface area contributed by atoms with Crippen molar-refractivity contribution in [3.8, 4) is 0 Å². The number of tetrazole rings is 1. The van der Waals surface area contributed by atoms with Gasteiger partial charge in [0.25, 0.3) is 5.91 Å². The highest BCUT2D eigenvalue weighted by Gasteiger charge is 2.49. The first kappa shape index (κ1) is 16.9. The molecule has 0 saturated carbocycles. The van der Waals surface area contributed by atoms with Crippen molar-refractivity contribution in [2.75, 3.05) is 5.75 Å². The summed E-state index contributed by atoms with van der Waals surface area (Å²) in [6, 6.07) is 8.14. The van der Waals surface area contributed by atoms with Crippen molar-refractivity contribution in [1.29, 1.82) is 0 Å². The smallest absolute Gasteiger partial charge is 0.318 e. The van der Waals surface area contributed by atoms with Crippen molar-refractivity contribution in [1.82, 2.24) is 36.0 Å². The molecule has 25 heavy (non-hydrogen) atoms. The van der Waals surface area contributed by atoms with E-state index in [2.05, 4.69) is 26.3 Å². The van der Waals surface area contributed by atoms with E-state index >= 15 is 0 Å². The second-order valence-corrected chi connectivity index (χ2v) is 6.41. The fourth-order valence-corrected chi connectivity index (χ4v) is 2.98. The molecule has 1 aromatic carbocycles. The number of urea groups is 1. The maximum Gasteiger partial charge on any atom is 0.344 e. The predicted octanol–water partition coefficient (Wildman–Crippen LogP) is -0.199. The van der Waals surface area contributed by atoms with E-state index < -0.39 is 23.4 Å². The molecule has 0 spiro atoms. The Morgan fingerprint density at radius 2 is 2.04 bits per heavy atom. The fourth-order valence-electron chi connectivity index (χ4n) is 2.34. The third-order valence-electron chi connectivity index (χ3n) is 3.69. The predicted molar refractivity (Wildman–Crippen MR) is 86.8 cm³/mol. The average Bonchev–Trinajstić information content (AvgIpc) is 3.11. The van der Waals surface area contributed by atoms with Crippen molar-refractivity contribution in [2.24, 2.45) is 7.05 Å². The minimum atomic E-state index is -1.23. The maximum atomic E-state index is 12.6. The van der Waals surface area contributed by atoms with E-state index in [0.717, 1.165) is 11.8 Å². The number of imide groups is 1. The molecule has 0 radical (unpaired) electrons. The van der Waals surface area contributed by atoms with Crippen molar-refractivity contribution >= 4 is 29.6 Å². The highest BCUT2D eigenvalue weighted by molar-refractivity contribution is 7.99. The van der Waals surface area contributed by atoms with Crippen LogP contribution in [0.3, 0.4) is 0 Å². The summed E-state index contributed by atoms with van der Waals surface area (Å²) in [5, 5.41) is 14.6. The first-order valence-electron chi connectivity index (χ1n) is 7.28. The Kier molecular flexibility index (Phi) is 4.40. The summed E-state index contributed by atoms with van der Waals surface area (Å²) in [7, 11) is 1.64. The van der Waals surface area contributed by atoms with Gasteiger partial charge in [-0.25, -0.2) is 9.48 Å². The molecule has 0 unspecified atom stereocenters. The first-order chi connectivity index (χ1) is 11.9. The van der Waals surface area contributed by atoms with Gasteiger partial charge in [-0.1, -0.05) is 42.1 Å². The summed E-state index contributed by atoms with van der Waals surface area (Å²) in [5.41, 5.74) is 1.72. The van der Waals surface area contributed by atoms with Crippen molar-refractivity contribution in [2.45, 2.75) is 17.6 Å². The number of rotatable bonds is 5. The molecule has 4 amide bonds. The monoisotopic (exact) mass is 361 g/mol. The summed E-state index contributed by atoms with van der Waals surface area (Å²) in [6.07, 6.45) is 0. The fraction of sp³-hybridized carbons (Fsp3) is 0.286. The van der Waals surface area contributed by atoms with Crippen LogP contribution >= 0.6 is 11.8 Å². The molecule has 10 nitrogen and oxygen atoms in total. The van der Waals surface area contributed by atoms with Gasteiger partial charge in [0.05, 0.1) is 5.75 Å². The molecule has 2 N–H and O–H groups in total. The second-order valence-electron chi connectivity index (χ2n) is 5.47. The Morgan fingerprint density at radius 3 is 2.68 bits per heavy atom. The molecule has 3 rings (SSSR count). The molecule has 1 aliphatic rings. The van der Waals surface area contributed by atoms with Crippen LogP contribution in [0.1, 0.15) is 12.5 Å². The number of nitrogens with one attached hydrogen (secondary N) is 2. The number of aromatic nitrogens is 4. The van der Waals surface area contributed by atoms with Crippen molar-refractivity contribution in [3.63, 3.8) is 0 Å². The summed E-state index contributed by atoms with van der Waals surface area (Å²) in [6.45, 7) is 1.59. The lowest BCUT2D eigenvalue weighted by molar-refractivity contribution is -0.138. The molecule has 2 aromatic rings. The molecule has 0 bridgehead atoms. The van der Waals surface area contributed by atoms with Gasteiger partial charge >= 0.3 is 6.03 Å². The molecular weight excluding hydrogens is 346 g/mol. The Balaban J connectivity index is 1.67. The van der Waals surface area contributed by atoms with Crippen LogP contribution in [0.4, 0.5) is 4.79 Å². The lowest BCUT2D eigenvalue weighted by atomic mass is 9.92. The Bertz CT molecular complexity index is 825. The van der Waals surface area contributed by atoms with Crippen molar-refractivity contribution in [3.05, 3.63) is 35.9 Å². The van der Waals surface area contributed by atoms with E-state index in [0.29, 0.717) is 15.7 Å². The average molecular weight is 361 g/mol. The summed E-state index contributed by atoms with van der Waals surface area (Å²) in [4.78, 5) is 36.8. The lowest BCUT2D eigenvalue weighted by Crippen LogP contribution is -2.48. The molecule has 2 heterocycles. The number of hydrazine groups is 1. The first-order valence-corrected chi connectivity index (χ1v) is 8.27. The number of hydrogen-bond acceptors (Lipinski definition) is 7. The van der Waals surface area contributed by atoms with Gasteiger partial charge in [-0.3, -0.25) is 15.0 Å². The van der Waals surface area contributed by atoms with E-state index in [4.69, 9.17) is 0 Å². The molecule has 1 saturated heterocycles. The van der Waals surface area contributed by atoms with Crippen LogP contribution in [0.15, 0.2) is 35.5 Å². The van der Waals surface area contributed by atoms with Crippen LogP contribution < -0.4 is 10.7 Å². The third kappa shape index (κ3) is 3.18. The maximum absolute atomic E-state index is 12.6. The SMILES string of the molecule is Cn1nnnc1SCC(=O)NN1C(=O)N[C@@](C)(c2ccccc2)C1=O. The van der Waals surface area contributed by atoms with Gasteiger partial charge in [0.2, 0.25) is 11.1 Å². The van der Waals surface area contributed by atoms with E-state index in [9.17, 15) is 14.4 Å². The quantitative estimate of drug-likeness (QED) is 0.558. The molecule has 1 atom stereocenters. The number of thioether (sulfide) groups is 1. The number of carbonyl (C=O) groups is 3. The summed E-state index contributed by atoms with van der Waals surface area (Å²) in [5.74, 6) is -1.12. The van der Waals surface area contributed by atoms with Crippen LogP contribution in [0.25, 0.3) is 0 Å². The highest BCUT2D eigenvalue weighted by Crippen LogP contribution is 2.27. The van der Waals surface area contributed by atoms with Crippen LogP contribution in [0.5, 0.6) is 0 Å². The molecule has 1 fully saturated rings. The van der Waals surface area contributed by atoms with Gasteiger partial charge in [0.1, 0.15) is 5.54 Å². The van der Waals surface area contributed by atoms with Gasteiger partial charge in [-0.2, -0.15) is 5.01 Å². The molecule has 1 aliphatic heterocycles. The van der Waals surface area contributed by atoms with Gasteiger partial charge in [-0.15, -0.1) is 5.10 Å². The standard InChI is InChI=1S/C14H15N7O3S/c1-14(9-6-4-3-5-7-9)11(23)21(12(24)15-14)17-10(22)8-25-13-16-18-19-20(13)2/h3-7H,8H2,1-2H3,(H,15,24)(H,17,22)/t14-/m0/s1. The van der Waals surface area contributed by atoms with Crippen LogP contribution in [0, 0.1) is 0 Å². The zero-order valence-electron chi connectivity index (χ0n) is 13.5. The lowest BCUT2D eigenvalue weighted by Gasteiger charge is -2.22. The normalized spacial score (nSPS) is 19.8. The van der Waals surface area contributed by atoms with Gasteiger partial charge in [0.15, 0.2) is 0 Å². The third-order valence-corrected chi connectivity index (χ3v) is 4.70. The molecular formula is C14H15N7O3S. The number of hydrogen-bond donors (Lipinski definition) is 2. The summed E-state index contributed by atoms with van der Waals surface area (Å²) < 4.78 is 1.41. The van der Waals surface area contributed by atoms with E-state index in [1.54, 1.807) is 38.2 Å². The number of aryl methyl sites for hydroxylation is 1. The molecule has 1 aromatic heterocycles. The second kappa shape index (κ2) is 6.51. The topological polar surface area (TPSA) is 122 Å². The van der Waals surface area contributed by atoms with Crippen LogP contribution in [-0.2, 0) is 22.2 Å². The Labute approximate surface area is 146 Å². The van der Waals surface area contributed by atoms with Crippen molar-refractivity contribution < 1.29 is 14.4 Å². The van der Waals surface area contributed by atoms with E-state index in [1.807, 2.05) is 6.07 Å². The summed E-state index contributed by atoms with van der Waals surface area (Å²) >= 11 is 1.09. The minimum absolute atomic E-state index is 0.0483. The van der Waals surface area contributed by atoms with E-state index in [1.165, 1.54) is 4.68 Å². The number of benzene rings is 1. The zero-order valence-corrected chi connectivity index (χ0v) is 14.3. The van der Waals surface area contributed by atoms with Crippen LogP contribution in [0.2, 0.25) is 0 Å². The highest BCUT2D eigenvalue weighted by atomic mass is 32.2. The molecule has 130 valence electrons. The number of nitrogens with zero attached hydrogens (tertiary/aromatic N) is 5. The number of carbonyl (C=O) groups excluding carboxylic acids is 3.